The van der Waals surface area contributed by atoms with E-state index in [1.54, 1.807) is 29.1 Å². The summed E-state index contributed by atoms with van der Waals surface area (Å²) < 4.78 is 26.9. The molecule has 9 heteroatoms. The Bertz CT molecular complexity index is 1070. The number of aromatic nitrogens is 3. The van der Waals surface area contributed by atoms with Crippen molar-refractivity contribution in [1.82, 2.24) is 19.9 Å². The van der Waals surface area contributed by atoms with Crippen LogP contribution in [0, 0.1) is 12.7 Å². The summed E-state index contributed by atoms with van der Waals surface area (Å²) in [6, 6.07) is 5.61. The highest BCUT2D eigenvalue weighted by atomic mass is 35.5. The number of methoxy groups -OCH3 is 1. The lowest BCUT2D eigenvalue weighted by molar-refractivity contribution is 0.0924. The molecule has 7 nitrogen and oxygen atoms in total. The van der Waals surface area contributed by atoms with Crippen LogP contribution in [0.3, 0.4) is 0 Å². The molecule has 4 rings (SSSR count). The number of rotatable bonds is 4. The van der Waals surface area contributed by atoms with Gasteiger partial charge in [-0.2, -0.15) is 0 Å². The molecule has 0 saturated carbocycles. The van der Waals surface area contributed by atoms with Crippen LogP contribution in [-0.4, -0.2) is 34.2 Å². The van der Waals surface area contributed by atoms with Crippen molar-refractivity contribution in [3.05, 3.63) is 64.6 Å². The van der Waals surface area contributed by atoms with Gasteiger partial charge in [0.05, 0.1) is 35.8 Å². The molecular weight excluding hydrogens is 387 g/mol. The molecule has 1 aliphatic heterocycles. The molecule has 1 unspecified atom stereocenters. The molecule has 0 bridgehead atoms. The average molecular weight is 403 g/mol. The second-order valence-corrected chi connectivity index (χ2v) is 6.66. The number of carbonyl (C=O) groups is 1. The first-order valence-corrected chi connectivity index (χ1v) is 8.83. The lowest BCUT2D eigenvalue weighted by Crippen LogP contribution is -2.30. The van der Waals surface area contributed by atoms with Crippen molar-refractivity contribution in [3.8, 4) is 17.3 Å². The second-order valence-electron chi connectivity index (χ2n) is 6.26. The summed E-state index contributed by atoms with van der Waals surface area (Å²) in [4.78, 5) is 21.1. The second kappa shape index (κ2) is 7.12. The maximum atomic E-state index is 14.4. The molecule has 2 aromatic heterocycles. The van der Waals surface area contributed by atoms with Gasteiger partial charge in [0, 0.05) is 6.20 Å². The standard InChI is InChI=1S/C19H16ClFN4O3/c1-10-7-25(9-22-10)14-5-4-12(24-19(14)27-2)18(26)23-13-8-28-15-6-3-11(20)17(21)16(13)15/h3-7,9,13H,8H2,1-2H3,(H,23,26). The van der Waals surface area contributed by atoms with E-state index in [1.807, 2.05) is 13.1 Å². The number of pyridine rings is 1. The van der Waals surface area contributed by atoms with Crippen LogP contribution < -0.4 is 14.8 Å². The third-order valence-corrected chi connectivity index (χ3v) is 4.70. The van der Waals surface area contributed by atoms with Crippen LogP contribution >= 0.6 is 11.6 Å². The first kappa shape index (κ1) is 18.2. The van der Waals surface area contributed by atoms with E-state index < -0.39 is 17.8 Å². The first-order valence-electron chi connectivity index (χ1n) is 8.45. The van der Waals surface area contributed by atoms with Gasteiger partial charge in [-0.1, -0.05) is 11.6 Å². The molecule has 0 saturated heterocycles. The summed E-state index contributed by atoms with van der Waals surface area (Å²) in [6.45, 7) is 1.98. The fourth-order valence-electron chi connectivity index (χ4n) is 3.06. The number of fused-ring (bicyclic) bond motifs is 1. The van der Waals surface area contributed by atoms with Gasteiger partial charge in [0.25, 0.3) is 5.91 Å². The Morgan fingerprint density at radius 3 is 2.93 bits per heavy atom. The number of imidazole rings is 1. The normalized spacial score (nSPS) is 15.1. The molecule has 3 aromatic rings. The molecule has 28 heavy (non-hydrogen) atoms. The lowest BCUT2D eigenvalue weighted by atomic mass is 10.1. The minimum Gasteiger partial charge on any atom is -0.491 e. The minimum atomic E-state index is -0.662. The minimum absolute atomic E-state index is 0.0247. The third-order valence-electron chi connectivity index (χ3n) is 4.41. The van der Waals surface area contributed by atoms with Crippen LogP contribution in [0.15, 0.2) is 36.8 Å². The van der Waals surface area contributed by atoms with E-state index in [-0.39, 0.29) is 28.8 Å². The summed E-state index contributed by atoms with van der Waals surface area (Å²) in [6.07, 6.45) is 3.45. The van der Waals surface area contributed by atoms with Crippen molar-refractivity contribution < 1.29 is 18.7 Å². The van der Waals surface area contributed by atoms with Gasteiger partial charge in [-0.05, 0) is 31.2 Å². The van der Waals surface area contributed by atoms with Crippen molar-refractivity contribution >= 4 is 17.5 Å². The molecule has 0 fully saturated rings. The van der Waals surface area contributed by atoms with Gasteiger partial charge in [-0.25, -0.2) is 14.4 Å². The maximum absolute atomic E-state index is 14.4. The van der Waals surface area contributed by atoms with Crippen LogP contribution in [0.4, 0.5) is 4.39 Å². The molecule has 1 atom stereocenters. The highest BCUT2D eigenvalue weighted by molar-refractivity contribution is 6.30. The van der Waals surface area contributed by atoms with Gasteiger partial charge in [0.1, 0.15) is 23.7 Å². The molecule has 1 N–H and O–H groups in total. The number of nitrogens with zero attached hydrogens (tertiary/aromatic N) is 3. The molecule has 144 valence electrons. The van der Waals surface area contributed by atoms with E-state index >= 15 is 0 Å². The van der Waals surface area contributed by atoms with E-state index in [0.29, 0.717) is 11.4 Å². The van der Waals surface area contributed by atoms with Crippen LogP contribution in [0.5, 0.6) is 11.6 Å². The quantitative estimate of drug-likeness (QED) is 0.724. The Kier molecular flexibility index (Phi) is 4.64. The zero-order chi connectivity index (χ0) is 19.8. The van der Waals surface area contributed by atoms with Gasteiger partial charge in [-0.3, -0.25) is 4.79 Å². The maximum Gasteiger partial charge on any atom is 0.270 e. The van der Waals surface area contributed by atoms with Crippen LogP contribution in [0.1, 0.15) is 27.8 Å². The fourth-order valence-corrected chi connectivity index (χ4v) is 3.23. The van der Waals surface area contributed by atoms with Crippen molar-refractivity contribution in [3.63, 3.8) is 0 Å². The summed E-state index contributed by atoms with van der Waals surface area (Å²) in [7, 11) is 1.47. The van der Waals surface area contributed by atoms with Gasteiger partial charge >= 0.3 is 0 Å². The predicted molar refractivity (Wildman–Crippen MR) is 99.8 cm³/mol. The molecule has 0 radical (unpaired) electrons. The average Bonchev–Trinajstić information content (AvgIpc) is 3.31. The Morgan fingerprint density at radius 1 is 1.39 bits per heavy atom. The largest absolute Gasteiger partial charge is 0.491 e. The van der Waals surface area contributed by atoms with Crippen LogP contribution in [-0.2, 0) is 0 Å². The monoisotopic (exact) mass is 402 g/mol. The van der Waals surface area contributed by atoms with Gasteiger partial charge < -0.3 is 19.4 Å². The van der Waals surface area contributed by atoms with Crippen molar-refractivity contribution in [1.29, 1.82) is 0 Å². The zero-order valence-corrected chi connectivity index (χ0v) is 15.8. The Labute approximate surface area is 165 Å². The molecule has 1 aromatic carbocycles. The van der Waals surface area contributed by atoms with Gasteiger partial charge in [0.2, 0.25) is 5.88 Å². The number of halogens is 2. The predicted octanol–water partition coefficient (Wildman–Crippen LogP) is 3.24. The van der Waals surface area contributed by atoms with Crippen LogP contribution in [0.25, 0.3) is 5.69 Å². The zero-order valence-electron chi connectivity index (χ0n) is 15.1. The summed E-state index contributed by atoms with van der Waals surface area (Å²) in [5.41, 5.74) is 1.85. The Morgan fingerprint density at radius 2 is 2.21 bits per heavy atom. The molecule has 1 amide bonds. The van der Waals surface area contributed by atoms with E-state index in [4.69, 9.17) is 21.1 Å². The first-order chi connectivity index (χ1) is 13.5. The number of ether oxygens (including phenoxy) is 2. The number of carbonyl (C=O) groups excluding carboxylic acids is 1. The SMILES string of the molecule is COc1nc(C(=O)NC2COc3ccc(Cl)c(F)c32)ccc1-n1cnc(C)c1. The van der Waals surface area contributed by atoms with Crippen LogP contribution in [0.2, 0.25) is 5.02 Å². The molecule has 0 spiro atoms. The number of amides is 1. The number of benzene rings is 1. The molecule has 1 aliphatic rings. The summed E-state index contributed by atoms with van der Waals surface area (Å²) in [5, 5.41) is 2.71. The number of nitrogens with one attached hydrogen (secondary N) is 1. The van der Waals surface area contributed by atoms with Gasteiger partial charge in [0.15, 0.2) is 5.82 Å². The molecule has 3 heterocycles. The summed E-state index contributed by atoms with van der Waals surface area (Å²) in [5.74, 6) is -0.447. The van der Waals surface area contributed by atoms with E-state index in [2.05, 4.69) is 15.3 Å². The topological polar surface area (TPSA) is 78.3 Å². The number of hydrogen-bond donors (Lipinski definition) is 1. The fraction of sp³-hybridized carbons (Fsp3) is 0.211. The Hall–Kier alpha value is -3.13. The van der Waals surface area contributed by atoms with E-state index in [9.17, 15) is 9.18 Å². The van der Waals surface area contributed by atoms with E-state index in [0.717, 1.165) is 5.69 Å². The molecule has 0 aliphatic carbocycles. The number of aryl methyl sites for hydroxylation is 1. The third kappa shape index (κ3) is 3.16. The van der Waals surface area contributed by atoms with E-state index in [1.165, 1.54) is 13.2 Å². The van der Waals surface area contributed by atoms with Gasteiger partial charge in [-0.15, -0.1) is 0 Å². The summed E-state index contributed by atoms with van der Waals surface area (Å²) >= 11 is 5.85. The number of hydrogen-bond acceptors (Lipinski definition) is 5. The van der Waals surface area contributed by atoms with Crippen molar-refractivity contribution in [2.24, 2.45) is 0 Å². The van der Waals surface area contributed by atoms with Crippen molar-refractivity contribution in [2.75, 3.05) is 13.7 Å². The lowest BCUT2D eigenvalue weighted by Gasteiger charge is -2.14. The smallest absolute Gasteiger partial charge is 0.270 e. The molecular formula is C19H16ClFN4O3. The highest BCUT2D eigenvalue weighted by Crippen LogP contribution is 2.37. The Balaban J connectivity index is 1.59. The highest BCUT2D eigenvalue weighted by Gasteiger charge is 2.31. The van der Waals surface area contributed by atoms with Crippen molar-refractivity contribution in [2.45, 2.75) is 13.0 Å².